The van der Waals surface area contributed by atoms with E-state index in [1.54, 1.807) is 39.1 Å². The predicted molar refractivity (Wildman–Crippen MR) is 133 cm³/mol. The van der Waals surface area contributed by atoms with Crippen molar-refractivity contribution in [3.63, 3.8) is 0 Å². The maximum absolute atomic E-state index is 13.0. The number of hydrogen-bond acceptors (Lipinski definition) is 5. The van der Waals surface area contributed by atoms with Gasteiger partial charge in [0.15, 0.2) is 0 Å². The van der Waals surface area contributed by atoms with Crippen LogP contribution in [0.5, 0.6) is 0 Å². The second-order valence-corrected chi connectivity index (χ2v) is 11.9. The number of anilines is 1. The summed E-state index contributed by atoms with van der Waals surface area (Å²) in [6.45, 7) is 3.30. The summed E-state index contributed by atoms with van der Waals surface area (Å²) in [7, 11) is -1.50. The van der Waals surface area contributed by atoms with E-state index in [4.69, 9.17) is 23.2 Å². The molecular formula is C23H27Cl2N3O5S. The van der Waals surface area contributed by atoms with Gasteiger partial charge in [0.2, 0.25) is 0 Å². The number of carbonyl (C=O) groups is 3. The molecule has 3 rings (SSSR count). The van der Waals surface area contributed by atoms with Crippen LogP contribution in [0.25, 0.3) is 0 Å². The Morgan fingerprint density at radius 3 is 2.09 bits per heavy atom. The minimum atomic E-state index is -3.12. The van der Waals surface area contributed by atoms with Gasteiger partial charge < -0.3 is 15.2 Å². The maximum atomic E-state index is 13.0. The van der Waals surface area contributed by atoms with Crippen LogP contribution in [0.1, 0.15) is 57.8 Å². The highest BCUT2D eigenvalue weighted by Crippen LogP contribution is 2.27. The average Bonchev–Trinajstić information content (AvgIpc) is 2.94. The van der Waals surface area contributed by atoms with Gasteiger partial charge in [0, 0.05) is 40.8 Å². The molecule has 0 spiro atoms. The molecule has 1 aliphatic rings. The molecule has 1 aromatic heterocycles. The SMILES string of the molecule is Cc1c(C(=O)Nc2cc(Cl)cc(Cl)c2)c(C)n(C)c1C(=O)C(=O)NC1CCC(S(C)(=O)=O)CC1. The highest BCUT2D eigenvalue weighted by molar-refractivity contribution is 7.91. The summed E-state index contributed by atoms with van der Waals surface area (Å²) in [5.74, 6) is -1.99. The van der Waals surface area contributed by atoms with Crippen LogP contribution < -0.4 is 10.6 Å². The Morgan fingerprint density at radius 1 is 1.00 bits per heavy atom. The third kappa shape index (κ3) is 5.64. The van der Waals surface area contributed by atoms with Gasteiger partial charge in [-0.2, -0.15) is 0 Å². The number of amides is 2. The summed E-state index contributed by atoms with van der Waals surface area (Å²) in [6.07, 6.45) is 3.07. The molecule has 8 nitrogen and oxygen atoms in total. The van der Waals surface area contributed by atoms with Crippen LogP contribution in [-0.2, 0) is 21.7 Å². The van der Waals surface area contributed by atoms with Crippen molar-refractivity contribution >= 4 is 56.3 Å². The number of ketones is 1. The van der Waals surface area contributed by atoms with E-state index in [-0.39, 0.29) is 17.3 Å². The smallest absolute Gasteiger partial charge is 0.294 e. The van der Waals surface area contributed by atoms with Gasteiger partial charge in [-0.3, -0.25) is 14.4 Å². The number of halogens is 2. The molecule has 1 aliphatic carbocycles. The van der Waals surface area contributed by atoms with Crippen molar-refractivity contribution in [2.24, 2.45) is 7.05 Å². The molecule has 184 valence electrons. The van der Waals surface area contributed by atoms with Crippen LogP contribution in [-0.4, -0.2) is 48.1 Å². The Labute approximate surface area is 208 Å². The van der Waals surface area contributed by atoms with E-state index in [1.165, 1.54) is 10.8 Å². The largest absolute Gasteiger partial charge is 0.346 e. The molecule has 0 atom stereocenters. The molecule has 2 N–H and O–H groups in total. The quantitative estimate of drug-likeness (QED) is 0.437. The number of rotatable bonds is 6. The van der Waals surface area contributed by atoms with Crippen molar-refractivity contribution in [1.82, 2.24) is 9.88 Å². The molecule has 34 heavy (non-hydrogen) atoms. The summed E-state index contributed by atoms with van der Waals surface area (Å²) < 4.78 is 25.0. The van der Waals surface area contributed by atoms with Gasteiger partial charge in [-0.1, -0.05) is 23.2 Å². The third-order valence-electron chi connectivity index (χ3n) is 6.31. The molecule has 0 unspecified atom stereocenters. The lowest BCUT2D eigenvalue weighted by Gasteiger charge is -2.27. The third-order valence-corrected chi connectivity index (χ3v) is 8.43. The summed E-state index contributed by atoms with van der Waals surface area (Å²) in [5.41, 5.74) is 1.71. The number of nitrogens with one attached hydrogen (secondary N) is 2. The first-order chi connectivity index (χ1) is 15.8. The fourth-order valence-electron chi connectivity index (χ4n) is 4.45. The first-order valence-corrected chi connectivity index (χ1v) is 13.5. The van der Waals surface area contributed by atoms with Crippen LogP contribution in [0, 0.1) is 13.8 Å². The summed E-state index contributed by atoms with van der Waals surface area (Å²) in [6, 6.07) is 4.38. The molecular weight excluding hydrogens is 501 g/mol. The van der Waals surface area contributed by atoms with Gasteiger partial charge in [-0.25, -0.2) is 8.42 Å². The van der Waals surface area contributed by atoms with Crippen molar-refractivity contribution in [3.05, 3.63) is 50.8 Å². The molecule has 2 aromatic rings. The van der Waals surface area contributed by atoms with Crippen LogP contribution in [0.15, 0.2) is 18.2 Å². The zero-order chi connectivity index (χ0) is 25.4. The molecule has 1 fully saturated rings. The zero-order valence-corrected chi connectivity index (χ0v) is 21.7. The van der Waals surface area contributed by atoms with Crippen molar-refractivity contribution < 1.29 is 22.8 Å². The number of carbonyl (C=O) groups excluding carboxylic acids is 3. The first kappa shape index (κ1) is 26.2. The van der Waals surface area contributed by atoms with Crippen molar-refractivity contribution in [2.75, 3.05) is 11.6 Å². The number of aromatic nitrogens is 1. The lowest BCUT2D eigenvalue weighted by Crippen LogP contribution is -2.43. The molecule has 11 heteroatoms. The van der Waals surface area contributed by atoms with E-state index in [0.29, 0.717) is 52.7 Å². The normalized spacial score (nSPS) is 18.4. The summed E-state index contributed by atoms with van der Waals surface area (Å²) in [5, 5.41) is 5.77. The summed E-state index contributed by atoms with van der Waals surface area (Å²) >= 11 is 12.0. The lowest BCUT2D eigenvalue weighted by molar-refractivity contribution is -0.117. The average molecular weight is 528 g/mol. The van der Waals surface area contributed by atoms with Gasteiger partial charge in [0.25, 0.3) is 17.6 Å². The van der Waals surface area contributed by atoms with Gasteiger partial charge >= 0.3 is 0 Å². The van der Waals surface area contributed by atoms with Crippen molar-refractivity contribution in [1.29, 1.82) is 0 Å². The first-order valence-electron chi connectivity index (χ1n) is 10.8. The maximum Gasteiger partial charge on any atom is 0.294 e. The molecule has 0 aliphatic heterocycles. The monoisotopic (exact) mass is 527 g/mol. The molecule has 2 amide bonds. The second kappa shape index (κ2) is 10.1. The Morgan fingerprint density at radius 2 is 1.56 bits per heavy atom. The zero-order valence-electron chi connectivity index (χ0n) is 19.4. The second-order valence-electron chi connectivity index (χ2n) is 8.71. The van der Waals surface area contributed by atoms with Crippen LogP contribution in [0.4, 0.5) is 5.69 Å². The van der Waals surface area contributed by atoms with Gasteiger partial charge in [0.1, 0.15) is 9.84 Å². The number of nitrogens with zero attached hydrogens (tertiary/aromatic N) is 1. The van der Waals surface area contributed by atoms with Crippen LogP contribution in [0.2, 0.25) is 10.0 Å². The van der Waals surface area contributed by atoms with E-state index in [2.05, 4.69) is 10.6 Å². The fraction of sp³-hybridized carbons (Fsp3) is 0.435. The van der Waals surface area contributed by atoms with Crippen LogP contribution in [0.3, 0.4) is 0 Å². The molecule has 0 radical (unpaired) electrons. The van der Waals surface area contributed by atoms with E-state index < -0.39 is 32.7 Å². The molecule has 1 heterocycles. The summed E-state index contributed by atoms with van der Waals surface area (Å²) in [4.78, 5) is 38.7. The molecule has 0 saturated heterocycles. The van der Waals surface area contributed by atoms with E-state index in [0.717, 1.165) is 0 Å². The fourth-order valence-corrected chi connectivity index (χ4v) is 6.10. The highest BCUT2D eigenvalue weighted by Gasteiger charge is 2.32. The Kier molecular flexibility index (Phi) is 7.79. The molecule has 1 aromatic carbocycles. The van der Waals surface area contributed by atoms with Crippen molar-refractivity contribution in [2.45, 2.75) is 50.8 Å². The Hall–Kier alpha value is -2.36. The predicted octanol–water partition coefficient (Wildman–Crippen LogP) is 3.86. The van der Waals surface area contributed by atoms with Gasteiger partial charge in [0.05, 0.1) is 16.5 Å². The number of Topliss-reactive ketones (excluding diaryl/α,β-unsaturated/α-hetero) is 1. The van der Waals surface area contributed by atoms with Gasteiger partial charge in [-0.15, -0.1) is 0 Å². The standard InChI is InChI=1S/C23H27Cl2N3O5S/c1-12-19(22(30)27-17-10-14(24)9-15(25)11-17)13(2)28(3)20(12)21(29)23(31)26-16-5-7-18(8-6-16)34(4,32)33/h9-11,16,18H,5-8H2,1-4H3,(H,26,31)(H,27,30). The lowest BCUT2D eigenvalue weighted by atomic mass is 9.94. The van der Waals surface area contributed by atoms with Crippen LogP contribution >= 0.6 is 23.2 Å². The van der Waals surface area contributed by atoms with Gasteiger partial charge in [-0.05, 0) is 63.3 Å². The van der Waals surface area contributed by atoms with E-state index in [9.17, 15) is 22.8 Å². The van der Waals surface area contributed by atoms with E-state index >= 15 is 0 Å². The Balaban J connectivity index is 1.76. The number of sulfone groups is 1. The minimum absolute atomic E-state index is 0.120. The van der Waals surface area contributed by atoms with E-state index in [1.807, 2.05) is 0 Å². The minimum Gasteiger partial charge on any atom is -0.346 e. The van der Waals surface area contributed by atoms with Crippen molar-refractivity contribution in [3.8, 4) is 0 Å². The topological polar surface area (TPSA) is 114 Å². The highest BCUT2D eigenvalue weighted by atomic mass is 35.5. The Bertz CT molecular complexity index is 1240. The molecule has 0 bridgehead atoms. The molecule has 1 saturated carbocycles. The number of benzene rings is 1. The number of hydrogen-bond donors (Lipinski definition) is 2.